The lowest BCUT2D eigenvalue weighted by atomic mass is 9.90. The molecule has 0 radical (unpaired) electrons. The van der Waals surface area contributed by atoms with Crippen LogP contribution >= 0.6 is 11.6 Å². The Hall–Kier alpha value is -2.92. The molecule has 0 saturated heterocycles. The highest BCUT2D eigenvalue weighted by atomic mass is 35.5. The van der Waals surface area contributed by atoms with Gasteiger partial charge in [-0.2, -0.15) is 0 Å². The molecule has 0 unspecified atom stereocenters. The molecular weight excluding hydrogens is 316 g/mol. The van der Waals surface area contributed by atoms with Crippen molar-refractivity contribution >= 4 is 23.2 Å². The molecule has 1 N–H and O–H groups in total. The first kappa shape index (κ1) is 13.7. The van der Waals surface area contributed by atoms with Gasteiger partial charge in [-0.25, -0.2) is 4.79 Å². The van der Waals surface area contributed by atoms with E-state index < -0.39 is 5.69 Å². The summed E-state index contributed by atoms with van der Waals surface area (Å²) in [4.78, 5) is 40.1. The third-order valence-electron chi connectivity index (χ3n) is 3.84. The van der Waals surface area contributed by atoms with Crippen LogP contribution in [0.15, 0.2) is 53.3 Å². The lowest BCUT2D eigenvalue weighted by Crippen LogP contribution is -2.24. The van der Waals surface area contributed by atoms with Crippen LogP contribution in [0.25, 0.3) is 5.69 Å². The summed E-state index contributed by atoms with van der Waals surface area (Å²) in [6.45, 7) is 0. The summed E-state index contributed by atoms with van der Waals surface area (Å²) in [5, 5.41) is 0.513. The van der Waals surface area contributed by atoms with Crippen LogP contribution in [-0.2, 0) is 0 Å². The summed E-state index contributed by atoms with van der Waals surface area (Å²) >= 11 is 5.86. The first-order valence-electron chi connectivity index (χ1n) is 6.87. The molecule has 4 rings (SSSR count). The molecule has 6 heteroatoms. The van der Waals surface area contributed by atoms with Crippen molar-refractivity contribution in [2.75, 3.05) is 0 Å². The fraction of sp³-hybridized carbons (Fsp3) is 0. The largest absolute Gasteiger partial charge is 0.331 e. The van der Waals surface area contributed by atoms with E-state index in [1.54, 1.807) is 48.5 Å². The number of hydrogen-bond acceptors (Lipinski definition) is 3. The van der Waals surface area contributed by atoms with Gasteiger partial charge in [0.25, 0.3) is 0 Å². The van der Waals surface area contributed by atoms with Crippen LogP contribution in [0.3, 0.4) is 0 Å². The van der Waals surface area contributed by atoms with Crippen molar-refractivity contribution in [2.24, 2.45) is 0 Å². The van der Waals surface area contributed by atoms with Gasteiger partial charge in [0, 0.05) is 16.1 Å². The second kappa shape index (κ2) is 4.79. The van der Waals surface area contributed by atoms with E-state index in [9.17, 15) is 14.4 Å². The Morgan fingerprint density at radius 3 is 2.09 bits per heavy atom. The number of hydrogen-bond donors (Lipinski definition) is 1. The maximum atomic E-state index is 12.8. The van der Waals surface area contributed by atoms with E-state index in [-0.39, 0.29) is 23.0 Å². The maximum Gasteiger partial charge on any atom is 0.331 e. The molecule has 112 valence electrons. The molecule has 5 nitrogen and oxygen atoms in total. The first-order valence-corrected chi connectivity index (χ1v) is 7.25. The van der Waals surface area contributed by atoms with Crippen LogP contribution < -0.4 is 5.69 Å². The lowest BCUT2D eigenvalue weighted by molar-refractivity contribution is 0.0972. The van der Waals surface area contributed by atoms with Gasteiger partial charge in [0.05, 0.1) is 5.69 Å². The molecule has 0 fully saturated rings. The number of ketones is 2. The standard InChI is InChI=1S/C17H9ClN2O3/c18-9-5-7-10(8-6-9)20-14-13(19-17(20)23)15(21)11-3-1-2-4-12(11)16(14)22/h1-8H,(H,19,23). The van der Waals surface area contributed by atoms with E-state index >= 15 is 0 Å². The molecule has 0 spiro atoms. The number of H-pyrrole nitrogens is 1. The summed E-state index contributed by atoms with van der Waals surface area (Å²) in [5.41, 5.74) is 0.611. The second-order valence-electron chi connectivity index (χ2n) is 5.17. The Bertz CT molecular complexity index is 1030. The molecule has 0 saturated carbocycles. The Morgan fingerprint density at radius 1 is 0.826 bits per heavy atom. The molecule has 1 aromatic heterocycles. The van der Waals surface area contributed by atoms with Crippen LogP contribution in [0.1, 0.15) is 32.1 Å². The summed E-state index contributed by atoms with van der Waals surface area (Å²) in [6, 6.07) is 13.0. The highest BCUT2D eigenvalue weighted by Crippen LogP contribution is 2.27. The number of fused-ring (bicyclic) bond motifs is 2. The third-order valence-corrected chi connectivity index (χ3v) is 4.09. The SMILES string of the molecule is O=C1c2ccccc2C(=O)c2c1[nH]c(=O)n2-c1ccc(Cl)cc1. The van der Waals surface area contributed by atoms with Crippen molar-refractivity contribution in [3.8, 4) is 5.69 Å². The monoisotopic (exact) mass is 324 g/mol. The summed E-state index contributed by atoms with van der Waals surface area (Å²) < 4.78 is 1.21. The lowest BCUT2D eigenvalue weighted by Gasteiger charge is -2.15. The van der Waals surface area contributed by atoms with E-state index in [1.165, 1.54) is 4.57 Å². The molecule has 0 bridgehead atoms. The van der Waals surface area contributed by atoms with Gasteiger partial charge < -0.3 is 4.98 Å². The molecule has 1 heterocycles. The number of aromatic amines is 1. The smallest absolute Gasteiger partial charge is 0.302 e. The first-order chi connectivity index (χ1) is 11.1. The Kier molecular flexibility index (Phi) is 2.86. The van der Waals surface area contributed by atoms with E-state index in [2.05, 4.69) is 4.98 Å². The molecule has 0 atom stereocenters. The number of rotatable bonds is 1. The second-order valence-corrected chi connectivity index (χ2v) is 5.61. The Balaban J connectivity index is 2.02. The average molecular weight is 325 g/mol. The predicted molar refractivity (Wildman–Crippen MR) is 84.7 cm³/mol. The van der Waals surface area contributed by atoms with Crippen molar-refractivity contribution < 1.29 is 9.59 Å². The van der Waals surface area contributed by atoms with Crippen LogP contribution in [0.4, 0.5) is 0 Å². The Labute approximate surface area is 135 Å². The number of carbonyl (C=O) groups excluding carboxylic acids is 2. The maximum absolute atomic E-state index is 12.8. The number of benzene rings is 2. The topological polar surface area (TPSA) is 71.9 Å². The van der Waals surface area contributed by atoms with E-state index in [1.807, 2.05) is 0 Å². The number of nitrogens with one attached hydrogen (secondary N) is 1. The van der Waals surface area contributed by atoms with Crippen molar-refractivity contribution in [3.63, 3.8) is 0 Å². The van der Waals surface area contributed by atoms with Crippen LogP contribution in [-0.4, -0.2) is 21.1 Å². The van der Waals surface area contributed by atoms with E-state index in [4.69, 9.17) is 11.6 Å². The van der Waals surface area contributed by atoms with Crippen LogP contribution in [0, 0.1) is 0 Å². The van der Waals surface area contributed by atoms with Crippen molar-refractivity contribution in [2.45, 2.75) is 0 Å². The number of carbonyl (C=O) groups is 2. The molecule has 2 aromatic carbocycles. The molecule has 0 amide bonds. The molecular formula is C17H9ClN2O3. The number of imidazole rings is 1. The normalized spacial score (nSPS) is 12.9. The van der Waals surface area contributed by atoms with Gasteiger partial charge in [0.2, 0.25) is 11.6 Å². The van der Waals surface area contributed by atoms with Gasteiger partial charge in [-0.1, -0.05) is 35.9 Å². The quantitative estimate of drug-likeness (QED) is 0.585. The minimum atomic E-state index is -0.535. The van der Waals surface area contributed by atoms with Gasteiger partial charge in [0.15, 0.2) is 0 Å². The highest BCUT2D eigenvalue weighted by molar-refractivity contribution is 6.30. The fourth-order valence-electron chi connectivity index (χ4n) is 2.79. The third kappa shape index (κ3) is 1.90. The number of aromatic nitrogens is 2. The molecule has 23 heavy (non-hydrogen) atoms. The van der Waals surface area contributed by atoms with Crippen LogP contribution in [0.2, 0.25) is 5.02 Å². The van der Waals surface area contributed by atoms with E-state index in [0.29, 0.717) is 21.8 Å². The Morgan fingerprint density at radius 2 is 1.43 bits per heavy atom. The van der Waals surface area contributed by atoms with Gasteiger partial charge in [0.1, 0.15) is 11.4 Å². The predicted octanol–water partition coefficient (Wildman–Crippen LogP) is 2.59. The number of nitrogens with zero attached hydrogens (tertiary/aromatic N) is 1. The minimum absolute atomic E-state index is 0.0219. The van der Waals surface area contributed by atoms with Gasteiger partial charge >= 0.3 is 5.69 Å². The van der Waals surface area contributed by atoms with Crippen LogP contribution in [0.5, 0.6) is 0 Å². The minimum Gasteiger partial charge on any atom is -0.302 e. The zero-order valence-corrected chi connectivity index (χ0v) is 12.4. The molecule has 0 aliphatic heterocycles. The summed E-state index contributed by atoms with van der Waals surface area (Å²) in [6.07, 6.45) is 0. The van der Waals surface area contributed by atoms with Crippen molar-refractivity contribution in [3.05, 3.63) is 86.6 Å². The molecule has 1 aliphatic rings. The zero-order valence-electron chi connectivity index (χ0n) is 11.7. The molecule has 3 aromatic rings. The zero-order chi connectivity index (χ0) is 16.1. The highest BCUT2D eigenvalue weighted by Gasteiger charge is 2.34. The number of halogens is 1. The van der Waals surface area contributed by atoms with Gasteiger partial charge in [-0.3, -0.25) is 14.2 Å². The van der Waals surface area contributed by atoms with Gasteiger partial charge in [-0.15, -0.1) is 0 Å². The summed E-state index contributed by atoms with van der Waals surface area (Å²) in [7, 11) is 0. The summed E-state index contributed by atoms with van der Waals surface area (Å²) in [5.74, 6) is -0.719. The van der Waals surface area contributed by atoms with E-state index in [0.717, 1.165) is 0 Å². The fourth-order valence-corrected chi connectivity index (χ4v) is 2.92. The van der Waals surface area contributed by atoms with Crippen molar-refractivity contribution in [1.82, 2.24) is 9.55 Å². The van der Waals surface area contributed by atoms with Gasteiger partial charge in [-0.05, 0) is 24.3 Å². The van der Waals surface area contributed by atoms with Crippen molar-refractivity contribution in [1.29, 1.82) is 0 Å². The molecule has 1 aliphatic carbocycles. The average Bonchev–Trinajstić information content (AvgIpc) is 2.91.